The Kier molecular flexibility index (Phi) is 7.84. The number of anilines is 2. The molecule has 0 unspecified atom stereocenters. The first kappa shape index (κ1) is 24.3. The topological polar surface area (TPSA) is 183 Å². The molecule has 180 valence electrons. The number of nitro groups is 2. The Morgan fingerprint density at radius 3 is 2.38 bits per heavy atom. The number of benzene rings is 1. The van der Waals surface area contributed by atoms with E-state index in [1.54, 1.807) is 11.8 Å². The largest absolute Gasteiger partial charge is 0.466 e. The monoisotopic (exact) mass is 473 g/mol. The number of hydrazine groups is 1. The molecular formula is C20H23N7O7. The minimum atomic E-state index is -0.641. The number of ether oxygens (including phenoxy) is 1. The van der Waals surface area contributed by atoms with Crippen LogP contribution in [0.2, 0.25) is 0 Å². The Morgan fingerprint density at radius 2 is 1.79 bits per heavy atom. The molecule has 1 aliphatic heterocycles. The van der Waals surface area contributed by atoms with Gasteiger partial charge >= 0.3 is 11.7 Å². The molecule has 3 rings (SSSR count). The lowest BCUT2D eigenvalue weighted by atomic mass is 9.97. The van der Waals surface area contributed by atoms with Gasteiger partial charge in [0.2, 0.25) is 17.5 Å². The molecule has 1 aliphatic rings. The first-order chi connectivity index (χ1) is 16.3. The van der Waals surface area contributed by atoms with Gasteiger partial charge in [-0.1, -0.05) is 12.1 Å². The number of nitrogens with zero attached hydrogens (tertiary/aromatic N) is 5. The van der Waals surface area contributed by atoms with E-state index in [1.165, 1.54) is 24.3 Å². The number of hydrogen-bond acceptors (Lipinski definition) is 11. The van der Waals surface area contributed by atoms with Crippen LogP contribution in [0.4, 0.5) is 23.0 Å². The SMILES string of the molecule is CCOC(=O)C1CCN(c2ncnc(NNC(=O)Cc3ccc([N+](=O)[O-])cc3)c2[N+](=O)[O-])CC1. The molecule has 2 aromatic rings. The van der Waals surface area contributed by atoms with Crippen LogP contribution in [-0.4, -0.2) is 51.4 Å². The normalized spacial score (nSPS) is 13.7. The molecule has 0 saturated carbocycles. The Morgan fingerprint density at radius 1 is 1.12 bits per heavy atom. The smallest absolute Gasteiger partial charge is 0.355 e. The van der Waals surface area contributed by atoms with Crippen molar-refractivity contribution in [3.05, 3.63) is 56.4 Å². The van der Waals surface area contributed by atoms with Gasteiger partial charge in [0.05, 0.1) is 28.8 Å². The summed E-state index contributed by atoms with van der Waals surface area (Å²) in [6.45, 7) is 2.76. The number of carbonyl (C=O) groups excluding carboxylic acids is 2. The van der Waals surface area contributed by atoms with Gasteiger partial charge in [-0.15, -0.1) is 0 Å². The molecule has 34 heavy (non-hydrogen) atoms. The van der Waals surface area contributed by atoms with Crippen molar-refractivity contribution in [1.29, 1.82) is 0 Å². The lowest BCUT2D eigenvalue weighted by Crippen LogP contribution is -2.38. The Labute approximate surface area is 193 Å². The van der Waals surface area contributed by atoms with Crippen molar-refractivity contribution in [2.45, 2.75) is 26.2 Å². The van der Waals surface area contributed by atoms with Gasteiger partial charge < -0.3 is 9.64 Å². The summed E-state index contributed by atoms with van der Waals surface area (Å²) in [5, 5.41) is 22.5. The van der Waals surface area contributed by atoms with Gasteiger partial charge in [-0.2, -0.15) is 0 Å². The minimum Gasteiger partial charge on any atom is -0.466 e. The zero-order valence-corrected chi connectivity index (χ0v) is 18.3. The molecule has 14 nitrogen and oxygen atoms in total. The Balaban J connectivity index is 1.66. The fourth-order valence-electron chi connectivity index (χ4n) is 3.54. The van der Waals surface area contributed by atoms with Gasteiger partial charge in [0.25, 0.3) is 5.69 Å². The van der Waals surface area contributed by atoms with Gasteiger partial charge in [0.1, 0.15) is 6.33 Å². The number of amides is 1. The van der Waals surface area contributed by atoms with Gasteiger partial charge in [-0.25, -0.2) is 9.97 Å². The van der Waals surface area contributed by atoms with Gasteiger partial charge in [0.15, 0.2) is 0 Å². The van der Waals surface area contributed by atoms with Crippen LogP contribution in [0.3, 0.4) is 0 Å². The average molecular weight is 473 g/mol. The third-order valence-corrected chi connectivity index (χ3v) is 5.23. The fraction of sp³-hybridized carbons (Fsp3) is 0.400. The summed E-state index contributed by atoms with van der Waals surface area (Å²) in [5.41, 5.74) is 4.83. The number of esters is 1. The van der Waals surface area contributed by atoms with Crippen molar-refractivity contribution in [3.63, 3.8) is 0 Å². The number of non-ortho nitro benzene ring substituents is 1. The quantitative estimate of drug-likeness (QED) is 0.307. The lowest BCUT2D eigenvalue weighted by molar-refractivity contribution is -0.384. The summed E-state index contributed by atoms with van der Waals surface area (Å²) in [7, 11) is 0. The van der Waals surface area contributed by atoms with Crippen molar-refractivity contribution in [2.75, 3.05) is 30.0 Å². The number of carbonyl (C=O) groups is 2. The molecule has 0 aliphatic carbocycles. The summed E-state index contributed by atoms with van der Waals surface area (Å²) >= 11 is 0. The van der Waals surface area contributed by atoms with Crippen LogP contribution in [0.1, 0.15) is 25.3 Å². The third kappa shape index (κ3) is 5.90. The van der Waals surface area contributed by atoms with Crippen LogP contribution in [0.25, 0.3) is 0 Å². The van der Waals surface area contributed by atoms with Crippen LogP contribution in [0, 0.1) is 26.1 Å². The maximum atomic E-state index is 12.3. The predicted molar refractivity (Wildman–Crippen MR) is 119 cm³/mol. The van der Waals surface area contributed by atoms with Crippen LogP contribution >= 0.6 is 0 Å². The molecule has 1 saturated heterocycles. The van der Waals surface area contributed by atoms with Crippen molar-refractivity contribution in [3.8, 4) is 0 Å². The molecule has 1 aromatic carbocycles. The van der Waals surface area contributed by atoms with Gasteiger partial charge in [-0.05, 0) is 25.3 Å². The number of rotatable bonds is 9. The van der Waals surface area contributed by atoms with E-state index in [0.29, 0.717) is 38.1 Å². The zero-order chi connectivity index (χ0) is 24.7. The highest BCUT2D eigenvalue weighted by Crippen LogP contribution is 2.33. The number of aromatic nitrogens is 2. The number of nitrogens with one attached hydrogen (secondary N) is 2. The highest BCUT2D eigenvalue weighted by atomic mass is 16.6. The van der Waals surface area contributed by atoms with E-state index in [1.807, 2.05) is 0 Å². The first-order valence-corrected chi connectivity index (χ1v) is 10.5. The summed E-state index contributed by atoms with van der Waals surface area (Å²) in [4.78, 5) is 55.1. The Hall–Kier alpha value is -4.36. The highest BCUT2D eigenvalue weighted by Gasteiger charge is 2.32. The van der Waals surface area contributed by atoms with Crippen LogP contribution < -0.4 is 15.8 Å². The van der Waals surface area contributed by atoms with Crippen LogP contribution in [0.5, 0.6) is 0 Å². The molecular weight excluding hydrogens is 450 g/mol. The molecule has 2 N–H and O–H groups in total. The highest BCUT2D eigenvalue weighted by molar-refractivity contribution is 5.81. The van der Waals surface area contributed by atoms with E-state index >= 15 is 0 Å². The second kappa shape index (κ2) is 11.0. The maximum Gasteiger partial charge on any atom is 0.355 e. The number of nitro benzene ring substituents is 1. The second-order valence-corrected chi connectivity index (χ2v) is 7.44. The summed E-state index contributed by atoms with van der Waals surface area (Å²) < 4.78 is 5.05. The maximum absolute atomic E-state index is 12.3. The van der Waals surface area contributed by atoms with E-state index in [4.69, 9.17) is 4.74 Å². The van der Waals surface area contributed by atoms with E-state index in [9.17, 15) is 29.8 Å². The number of hydrogen-bond donors (Lipinski definition) is 2. The summed E-state index contributed by atoms with van der Waals surface area (Å²) in [6.07, 6.45) is 1.96. The molecule has 14 heteroatoms. The molecule has 1 aromatic heterocycles. The van der Waals surface area contributed by atoms with Crippen molar-refractivity contribution in [1.82, 2.24) is 15.4 Å². The molecule has 0 atom stereocenters. The molecule has 1 fully saturated rings. The zero-order valence-electron chi connectivity index (χ0n) is 18.3. The molecule has 0 radical (unpaired) electrons. The van der Waals surface area contributed by atoms with E-state index < -0.39 is 21.4 Å². The van der Waals surface area contributed by atoms with E-state index in [-0.39, 0.29) is 35.6 Å². The Bertz CT molecular complexity index is 1070. The molecule has 1 amide bonds. The molecule has 2 heterocycles. The minimum absolute atomic E-state index is 0.0782. The summed E-state index contributed by atoms with van der Waals surface area (Å²) in [5.74, 6) is -1.20. The van der Waals surface area contributed by atoms with Crippen molar-refractivity contribution in [2.24, 2.45) is 5.92 Å². The fourth-order valence-corrected chi connectivity index (χ4v) is 3.54. The van der Waals surface area contributed by atoms with Gasteiger partial charge in [0, 0.05) is 25.2 Å². The van der Waals surface area contributed by atoms with Crippen LogP contribution in [0.15, 0.2) is 30.6 Å². The number of piperidine rings is 1. The summed E-state index contributed by atoms with van der Waals surface area (Å²) in [6, 6.07) is 5.46. The van der Waals surface area contributed by atoms with Crippen molar-refractivity contribution >= 4 is 34.9 Å². The van der Waals surface area contributed by atoms with Gasteiger partial charge in [-0.3, -0.25) is 40.7 Å². The second-order valence-electron chi connectivity index (χ2n) is 7.44. The average Bonchev–Trinajstić information content (AvgIpc) is 2.83. The lowest BCUT2D eigenvalue weighted by Gasteiger charge is -2.31. The predicted octanol–water partition coefficient (Wildman–Crippen LogP) is 1.76. The first-order valence-electron chi connectivity index (χ1n) is 10.5. The molecule has 0 bridgehead atoms. The standard InChI is InChI=1S/C20H23N7O7/c1-2-34-20(29)14-7-9-25(10-8-14)19-17(27(32)33)18(21-12-22-19)24-23-16(28)11-13-3-5-15(6-4-13)26(30)31/h3-6,12,14H,2,7-11H2,1H3,(H,23,28)(H,21,22,24). The van der Waals surface area contributed by atoms with E-state index in [2.05, 4.69) is 20.8 Å². The van der Waals surface area contributed by atoms with E-state index in [0.717, 1.165) is 6.33 Å². The van der Waals surface area contributed by atoms with Crippen molar-refractivity contribution < 1.29 is 24.2 Å². The third-order valence-electron chi connectivity index (χ3n) is 5.23. The molecule has 0 spiro atoms. The van der Waals surface area contributed by atoms with Crippen LogP contribution in [-0.2, 0) is 20.7 Å².